The summed E-state index contributed by atoms with van der Waals surface area (Å²) in [6.07, 6.45) is 3.44. The third kappa shape index (κ3) is 3.08. The van der Waals surface area contributed by atoms with Crippen LogP contribution in [0.3, 0.4) is 0 Å². The van der Waals surface area contributed by atoms with Gasteiger partial charge in [0, 0.05) is 29.6 Å². The zero-order valence-electron chi connectivity index (χ0n) is 11.5. The lowest BCUT2D eigenvalue weighted by atomic mass is 10.2. The van der Waals surface area contributed by atoms with Crippen LogP contribution in [0.25, 0.3) is 0 Å². The molecule has 0 radical (unpaired) electrons. The number of aryl methyl sites for hydroxylation is 1. The predicted octanol–water partition coefficient (Wildman–Crippen LogP) is 2.27. The van der Waals surface area contributed by atoms with Crippen molar-refractivity contribution in [2.45, 2.75) is 43.2 Å². The topological polar surface area (TPSA) is 49.4 Å². The monoisotopic (exact) mass is 358 g/mol. The number of hydrogen-bond donors (Lipinski definition) is 1. The quantitative estimate of drug-likeness (QED) is 0.897. The van der Waals surface area contributed by atoms with Gasteiger partial charge < -0.3 is 0 Å². The molecular formula is C14H19BrN2O2S. The maximum Gasteiger partial charge on any atom is 0.241 e. The second kappa shape index (κ2) is 5.40. The fourth-order valence-corrected chi connectivity index (χ4v) is 4.85. The highest BCUT2D eigenvalue weighted by Gasteiger charge is 2.36. The molecule has 2 aliphatic rings. The summed E-state index contributed by atoms with van der Waals surface area (Å²) >= 11 is 3.34. The summed E-state index contributed by atoms with van der Waals surface area (Å²) in [5.74, 6) is 0. The lowest BCUT2D eigenvalue weighted by Gasteiger charge is -2.16. The number of nitrogens with one attached hydrogen (secondary N) is 1. The number of halogens is 1. The van der Waals surface area contributed by atoms with Crippen molar-refractivity contribution in [1.29, 1.82) is 0 Å². The fraction of sp³-hybridized carbons (Fsp3) is 0.571. The normalized spacial score (nSPS) is 24.2. The first kappa shape index (κ1) is 14.5. The molecule has 0 aromatic heterocycles. The summed E-state index contributed by atoms with van der Waals surface area (Å²) in [6, 6.07) is 6.10. The second-order valence-corrected chi connectivity index (χ2v) is 8.34. The van der Waals surface area contributed by atoms with Crippen molar-refractivity contribution in [3.63, 3.8) is 0 Å². The van der Waals surface area contributed by atoms with Gasteiger partial charge in [-0.2, -0.15) is 0 Å². The van der Waals surface area contributed by atoms with Gasteiger partial charge in [-0.25, -0.2) is 13.1 Å². The number of nitrogens with zero attached hydrogens (tertiary/aromatic N) is 1. The van der Waals surface area contributed by atoms with E-state index >= 15 is 0 Å². The number of hydrogen-bond acceptors (Lipinski definition) is 3. The number of likely N-dealkylation sites (tertiary alicyclic amines) is 1. The van der Waals surface area contributed by atoms with Crippen LogP contribution in [0.4, 0.5) is 0 Å². The molecule has 1 saturated heterocycles. The van der Waals surface area contributed by atoms with Gasteiger partial charge in [0.15, 0.2) is 0 Å². The van der Waals surface area contributed by atoms with Crippen LogP contribution < -0.4 is 4.72 Å². The predicted molar refractivity (Wildman–Crippen MR) is 82.2 cm³/mol. The standard InChI is InChI=1S/C14H19BrN2O2S/c1-10-2-3-11(15)8-14(10)20(18,19)16-12-6-7-17(9-12)13-4-5-13/h2-3,8,12-13,16H,4-7,9H2,1H3. The third-order valence-electron chi connectivity index (χ3n) is 4.04. The van der Waals surface area contributed by atoms with Crippen LogP contribution in [0.5, 0.6) is 0 Å². The summed E-state index contributed by atoms with van der Waals surface area (Å²) in [5.41, 5.74) is 0.776. The Morgan fingerprint density at radius 3 is 2.75 bits per heavy atom. The third-order valence-corrected chi connectivity index (χ3v) is 6.20. The van der Waals surface area contributed by atoms with Crippen LogP contribution in [-0.4, -0.2) is 38.5 Å². The number of rotatable bonds is 4. The van der Waals surface area contributed by atoms with E-state index in [1.165, 1.54) is 12.8 Å². The molecule has 1 heterocycles. The Morgan fingerprint density at radius 2 is 2.05 bits per heavy atom. The van der Waals surface area contributed by atoms with Gasteiger partial charge in [-0.3, -0.25) is 4.90 Å². The molecule has 110 valence electrons. The lowest BCUT2D eigenvalue weighted by molar-refractivity contribution is 0.322. The summed E-state index contributed by atoms with van der Waals surface area (Å²) in [5, 5.41) is 0. The fourth-order valence-electron chi connectivity index (χ4n) is 2.80. The van der Waals surface area contributed by atoms with Crippen molar-refractivity contribution >= 4 is 26.0 Å². The van der Waals surface area contributed by atoms with Gasteiger partial charge in [-0.1, -0.05) is 22.0 Å². The summed E-state index contributed by atoms with van der Waals surface area (Å²) < 4.78 is 28.7. The zero-order chi connectivity index (χ0) is 14.3. The zero-order valence-corrected chi connectivity index (χ0v) is 13.9. The average molecular weight is 359 g/mol. The van der Waals surface area contributed by atoms with Crippen LogP contribution >= 0.6 is 15.9 Å². The minimum absolute atomic E-state index is 0.0407. The van der Waals surface area contributed by atoms with E-state index in [0.717, 1.165) is 29.5 Å². The lowest BCUT2D eigenvalue weighted by Crippen LogP contribution is -2.37. The van der Waals surface area contributed by atoms with Crippen LogP contribution in [-0.2, 0) is 10.0 Å². The Hall–Kier alpha value is -0.430. The van der Waals surface area contributed by atoms with Crippen LogP contribution in [0, 0.1) is 6.92 Å². The smallest absolute Gasteiger partial charge is 0.241 e. The highest BCUT2D eigenvalue weighted by atomic mass is 79.9. The van der Waals surface area contributed by atoms with Gasteiger partial charge in [-0.05, 0) is 43.9 Å². The molecule has 0 spiro atoms. The van der Waals surface area contributed by atoms with Gasteiger partial charge in [0.25, 0.3) is 0 Å². The van der Waals surface area contributed by atoms with Gasteiger partial charge >= 0.3 is 0 Å². The Balaban J connectivity index is 1.73. The summed E-state index contributed by atoms with van der Waals surface area (Å²) in [4.78, 5) is 2.78. The van der Waals surface area contributed by atoms with Crippen molar-refractivity contribution in [2.75, 3.05) is 13.1 Å². The molecule has 1 aromatic rings. The minimum Gasteiger partial charge on any atom is -0.299 e. The molecule has 1 aromatic carbocycles. The summed E-state index contributed by atoms with van der Waals surface area (Å²) in [6.45, 7) is 3.68. The van der Waals surface area contributed by atoms with Gasteiger partial charge in [0.2, 0.25) is 10.0 Å². The average Bonchev–Trinajstić information content (AvgIpc) is 3.13. The van der Waals surface area contributed by atoms with Gasteiger partial charge in [-0.15, -0.1) is 0 Å². The molecule has 1 aliphatic heterocycles. The highest BCUT2D eigenvalue weighted by Crippen LogP contribution is 2.30. The minimum atomic E-state index is -3.43. The molecule has 4 nitrogen and oxygen atoms in total. The Labute approximate surface area is 128 Å². The first-order valence-corrected chi connectivity index (χ1v) is 9.26. The molecular weight excluding hydrogens is 340 g/mol. The van der Waals surface area contributed by atoms with E-state index in [1.54, 1.807) is 6.07 Å². The molecule has 1 atom stereocenters. The maximum atomic E-state index is 12.5. The van der Waals surface area contributed by atoms with Crippen LogP contribution in [0.15, 0.2) is 27.6 Å². The molecule has 3 rings (SSSR count). The number of benzene rings is 1. The second-order valence-electron chi connectivity index (χ2n) is 5.74. The van der Waals surface area contributed by atoms with E-state index in [2.05, 4.69) is 25.6 Å². The van der Waals surface area contributed by atoms with Crippen LogP contribution in [0.1, 0.15) is 24.8 Å². The molecule has 6 heteroatoms. The maximum absolute atomic E-state index is 12.5. The van der Waals surface area contributed by atoms with Crippen molar-refractivity contribution in [3.05, 3.63) is 28.2 Å². The Bertz CT molecular complexity index is 614. The molecule has 0 bridgehead atoms. The highest BCUT2D eigenvalue weighted by molar-refractivity contribution is 9.10. The Morgan fingerprint density at radius 1 is 1.30 bits per heavy atom. The first-order valence-electron chi connectivity index (χ1n) is 6.98. The number of sulfonamides is 1. The summed E-state index contributed by atoms with van der Waals surface area (Å²) in [7, 11) is -3.43. The molecule has 0 amide bonds. The molecule has 1 saturated carbocycles. The van der Waals surface area contributed by atoms with Crippen molar-refractivity contribution in [3.8, 4) is 0 Å². The molecule has 1 N–H and O–H groups in total. The van der Waals surface area contributed by atoms with Crippen LogP contribution in [0.2, 0.25) is 0 Å². The molecule has 20 heavy (non-hydrogen) atoms. The van der Waals surface area contributed by atoms with Gasteiger partial charge in [0.1, 0.15) is 0 Å². The van der Waals surface area contributed by atoms with E-state index in [9.17, 15) is 8.42 Å². The SMILES string of the molecule is Cc1ccc(Br)cc1S(=O)(=O)NC1CCN(C2CC2)C1. The molecule has 1 aliphatic carbocycles. The van der Waals surface area contributed by atoms with E-state index in [0.29, 0.717) is 10.9 Å². The van der Waals surface area contributed by atoms with Crippen molar-refractivity contribution < 1.29 is 8.42 Å². The molecule has 1 unspecified atom stereocenters. The Kier molecular flexibility index (Phi) is 3.92. The van der Waals surface area contributed by atoms with E-state index in [4.69, 9.17) is 0 Å². The largest absolute Gasteiger partial charge is 0.299 e. The van der Waals surface area contributed by atoms with E-state index in [-0.39, 0.29) is 6.04 Å². The molecule has 2 fully saturated rings. The van der Waals surface area contributed by atoms with Crippen molar-refractivity contribution in [2.24, 2.45) is 0 Å². The van der Waals surface area contributed by atoms with Crippen molar-refractivity contribution in [1.82, 2.24) is 9.62 Å². The van der Waals surface area contributed by atoms with Gasteiger partial charge in [0.05, 0.1) is 4.90 Å². The van der Waals surface area contributed by atoms with E-state index in [1.807, 2.05) is 19.1 Å². The van der Waals surface area contributed by atoms with E-state index < -0.39 is 10.0 Å². The first-order chi connectivity index (χ1) is 9.45.